The summed E-state index contributed by atoms with van der Waals surface area (Å²) in [4.78, 5) is 20.5. The van der Waals surface area contributed by atoms with Crippen LogP contribution in [0.3, 0.4) is 0 Å². The average Bonchev–Trinajstić information content (AvgIpc) is 3.22. The second-order valence-corrected chi connectivity index (χ2v) is 6.65. The van der Waals surface area contributed by atoms with E-state index in [0.29, 0.717) is 12.6 Å². The standard InChI is InChI=1S/C15H21N5OS/c1-12-8-17-20(9-12)10-13-4-3-6-19(13)11-14(21)18(2)15-16-5-7-22-15/h5,7-9,13H,3-4,6,10-11H2,1-2H3/t13-/m1/s1. The first kappa shape index (κ1) is 15.2. The predicted octanol–water partition coefficient (Wildman–Crippen LogP) is 1.78. The first-order valence-electron chi connectivity index (χ1n) is 7.52. The monoisotopic (exact) mass is 319 g/mol. The van der Waals surface area contributed by atoms with E-state index in [1.807, 2.05) is 23.2 Å². The van der Waals surface area contributed by atoms with Crippen LogP contribution in [0.2, 0.25) is 0 Å². The molecule has 1 saturated heterocycles. The summed E-state index contributed by atoms with van der Waals surface area (Å²) in [6.07, 6.45) is 7.91. The lowest BCUT2D eigenvalue weighted by atomic mass is 10.2. The number of aromatic nitrogens is 3. The molecule has 1 fully saturated rings. The van der Waals surface area contributed by atoms with Crippen LogP contribution in [-0.2, 0) is 11.3 Å². The summed E-state index contributed by atoms with van der Waals surface area (Å²) in [5.41, 5.74) is 1.17. The molecule has 0 saturated carbocycles. The molecule has 118 valence electrons. The van der Waals surface area contributed by atoms with Gasteiger partial charge in [-0.3, -0.25) is 19.3 Å². The smallest absolute Gasteiger partial charge is 0.242 e. The number of hydrogen-bond acceptors (Lipinski definition) is 5. The summed E-state index contributed by atoms with van der Waals surface area (Å²) in [5, 5.41) is 6.99. The highest BCUT2D eigenvalue weighted by Gasteiger charge is 2.28. The van der Waals surface area contributed by atoms with E-state index in [9.17, 15) is 4.79 Å². The minimum absolute atomic E-state index is 0.0958. The maximum absolute atomic E-state index is 12.4. The third kappa shape index (κ3) is 3.36. The van der Waals surface area contributed by atoms with Crippen LogP contribution >= 0.6 is 11.3 Å². The molecule has 0 N–H and O–H groups in total. The van der Waals surface area contributed by atoms with E-state index in [1.54, 1.807) is 18.1 Å². The fraction of sp³-hybridized carbons (Fsp3) is 0.533. The van der Waals surface area contributed by atoms with Crippen molar-refractivity contribution >= 4 is 22.4 Å². The van der Waals surface area contributed by atoms with E-state index in [1.165, 1.54) is 16.9 Å². The van der Waals surface area contributed by atoms with E-state index in [0.717, 1.165) is 31.1 Å². The molecule has 22 heavy (non-hydrogen) atoms. The number of rotatable bonds is 5. The van der Waals surface area contributed by atoms with E-state index < -0.39 is 0 Å². The van der Waals surface area contributed by atoms with Crippen molar-refractivity contribution in [3.8, 4) is 0 Å². The van der Waals surface area contributed by atoms with Gasteiger partial charge in [-0.15, -0.1) is 11.3 Å². The Labute approximate surface area is 134 Å². The molecule has 6 nitrogen and oxygen atoms in total. The SMILES string of the molecule is Cc1cnn(C[C@H]2CCCN2CC(=O)N(C)c2nccs2)c1. The fourth-order valence-corrected chi connectivity index (χ4v) is 3.49. The molecule has 0 aromatic carbocycles. The topological polar surface area (TPSA) is 54.3 Å². The Hall–Kier alpha value is -1.73. The van der Waals surface area contributed by atoms with Crippen molar-refractivity contribution in [1.29, 1.82) is 0 Å². The van der Waals surface area contributed by atoms with Gasteiger partial charge in [-0.1, -0.05) is 0 Å². The van der Waals surface area contributed by atoms with Crippen molar-refractivity contribution in [1.82, 2.24) is 19.7 Å². The minimum Gasteiger partial charge on any atom is -0.290 e. The molecule has 0 bridgehead atoms. The van der Waals surface area contributed by atoms with Gasteiger partial charge >= 0.3 is 0 Å². The maximum Gasteiger partial charge on any atom is 0.242 e. The van der Waals surface area contributed by atoms with Crippen LogP contribution in [0, 0.1) is 6.92 Å². The first-order chi connectivity index (χ1) is 10.6. The Morgan fingerprint density at radius 2 is 2.41 bits per heavy atom. The quantitative estimate of drug-likeness (QED) is 0.843. The number of amides is 1. The van der Waals surface area contributed by atoms with Crippen molar-refractivity contribution in [3.63, 3.8) is 0 Å². The summed E-state index contributed by atoms with van der Waals surface area (Å²) < 4.78 is 1.98. The van der Waals surface area contributed by atoms with Gasteiger partial charge in [0, 0.05) is 30.9 Å². The Kier molecular flexibility index (Phi) is 4.54. The zero-order valence-electron chi connectivity index (χ0n) is 13.0. The van der Waals surface area contributed by atoms with Crippen LogP contribution in [0.15, 0.2) is 24.0 Å². The molecule has 0 spiro atoms. The molecule has 1 amide bonds. The summed E-state index contributed by atoms with van der Waals surface area (Å²) in [6.45, 7) is 4.31. The van der Waals surface area contributed by atoms with Gasteiger partial charge in [0.2, 0.25) is 5.91 Å². The molecule has 0 aliphatic carbocycles. The lowest BCUT2D eigenvalue weighted by Gasteiger charge is -2.25. The highest BCUT2D eigenvalue weighted by molar-refractivity contribution is 7.13. The number of likely N-dealkylation sites (N-methyl/N-ethyl adjacent to an activating group) is 1. The van der Waals surface area contributed by atoms with Gasteiger partial charge in [0.05, 0.1) is 19.3 Å². The highest BCUT2D eigenvalue weighted by Crippen LogP contribution is 2.20. The molecule has 3 heterocycles. The fourth-order valence-electron chi connectivity index (χ4n) is 2.86. The van der Waals surface area contributed by atoms with Crippen LogP contribution in [0.5, 0.6) is 0 Å². The molecular weight excluding hydrogens is 298 g/mol. The number of hydrogen-bond donors (Lipinski definition) is 0. The van der Waals surface area contributed by atoms with Crippen molar-refractivity contribution in [2.45, 2.75) is 32.4 Å². The first-order valence-corrected chi connectivity index (χ1v) is 8.40. The molecule has 0 radical (unpaired) electrons. The van der Waals surface area contributed by atoms with Crippen molar-refractivity contribution in [2.24, 2.45) is 0 Å². The molecule has 1 atom stereocenters. The molecule has 7 heteroatoms. The highest BCUT2D eigenvalue weighted by atomic mass is 32.1. The predicted molar refractivity (Wildman–Crippen MR) is 87.1 cm³/mol. The van der Waals surface area contributed by atoms with Crippen LogP contribution in [0.1, 0.15) is 18.4 Å². The molecule has 0 unspecified atom stereocenters. The molecule has 2 aromatic heterocycles. The lowest BCUT2D eigenvalue weighted by molar-refractivity contribution is -0.119. The van der Waals surface area contributed by atoms with E-state index in [4.69, 9.17) is 0 Å². The summed E-state index contributed by atoms with van der Waals surface area (Å²) >= 11 is 1.48. The van der Waals surface area contributed by atoms with Crippen molar-refractivity contribution in [3.05, 3.63) is 29.5 Å². The second kappa shape index (κ2) is 6.58. The third-order valence-corrected chi connectivity index (χ3v) is 4.93. The Balaban J connectivity index is 1.60. The molecule has 2 aromatic rings. The van der Waals surface area contributed by atoms with Gasteiger partial charge in [-0.05, 0) is 31.9 Å². The van der Waals surface area contributed by atoms with Gasteiger partial charge in [0.1, 0.15) is 0 Å². The van der Waals surface area contributed by atoms with Gasteiger partial charge in [-0.25, -0.2) is 4.98 Å². The lowest BCUT2D eigenvalue weighted by Crippen LogP contribution is -2.42. The molecule has 3 rings (SSSR count). The van der Waals surface area contributed by atoms with Crippen molar-refractivity contribution in [2.75, 3.05) is 25.0 Å². The Bertz CT molecular complexity index is 624. The van der Waals surface area contributed by atoms with Crippen LogP contribution < -0.4 is 4.90 Å². The average molecular weight is 319 g/mol. The number of nitrogens with zero attached hydrogens (tertiary/aromatic N) is 5. The van der Waals surface area contributed by atoms with Crippen LogP contribution in [0.25, 0.3) is 0 Å². The zero-order chi connectivity index (χ0) is 15.5. The third-order valence-electron chi connectivity index (χ3n) is 4.08. The van der Waals surface area contributed by atoms with Crippen LogP contribution in [-0.4, -0.2) is 51.8 Å². The van der Waals surface area contributed by atoms with E-state index >= 15 is 0 Å². The van der Waals surface area contributed by atoms with E-state index in [2.05, 4.69) is 21.2 Å². The molecule has 1 aliphatic rings. The van der Waals surface area contributed by atoms with Gasteiger partial charge in [-0.2, -0.15) is 5.10 Å². The van der Waals surface area contributed by atoms with E-state index in [-0.39, 0.29) is 5.91 Å². The van der Waals surface area contributed by atoms with Crippen molar-refractivity contribution < 1.29 is 4.79 Å². The number of aryl methyl sites for hydroxylation is 1. The zero-order valence-corrected chi connectivity index (χ0v) is 13.8. The van der Waals surface area contributed by atoms with Gasteiger partial charge < -0.3 is 0 Å². The number of carbonyl (C=O) groups excluding carboxylic acids is 1. The Morgan fingerprint density at radius 3 is 3.09 bits per heavy atom. The minimum atomic E-state index is 0.0958. The summed E-state index contributed by atoms with van der Waals surface area (Å²) in [5.74, 6) is 0.0958. The maximum atomic E-state index is 12.4. The normalized spacial score (nSPS) is 18.7. The molecule has 1 aliphatic heterocycles. The number of carbonyl (C=O) groups is 1. The Morgan fingerprint density at radius 1 is 1.55 bits per heavy atom. The van der Waals surface area contributed by atoms with Crippen LogP contribution in [0.4, 0.5) is 5.13 Å². The number of likely N-dealkylation sites (tertiary alicyclic amines) is 1. The van der Waals surface area contributed by atoms with Gasteiger partial charge in [0.15, 0.2) is 5.13 Å². The number of thiazole rings is 1. The van der Waals surface area contributed by atoms with Gasteiger partial charge in [0.25, 0.3) is 0 Å². The second-order valence-electron chi connectivity index (χ2n) is 5.77. The number of anilines is 1. The largest absolute Gasteiger partial charge is 0.290 e. The summed E-state index contributed by atoms with van der Waals surface area (Å²) in [6, 6.07) is 0.382. The summed E-state index contributed by atoms with van der Waals surface area (Å²) in [7, 11) is 1.79. The molecular formula is C15H21N5OS.